The Kier molecular flexibility index (Phi) is 3.65. The molecule has 0 aliphatic carbocycles. The number of hydrogen-bond acceptors (Lipinski definition) is 3. The molecule has 0 spiro atoms. The first-order valence-electron chi connectivity index (χ1n) is 6.26. The SMILES string of the molecule is Cc1cn(C(C)C)c(NCc2cnccc2C)n1. The van der Waals surface area contributed by atoms with Crippen LogP contribution in [0.3, 0.4) is 0 Å². The Labute approximate surface area is 108 Å². The summed E-state index contributed by atoms with van der Waals surface area (Å²) in [5, 5.41) is 3.38. The molecule has 1 N–H and O–H groups in total. The first-order valence-corrected chi connectivity index (χ1v) is 6.26. The fraction of sp³-hybridized carbons (Fsp3) is 0.429. The second-order valence-electron chi connectivity index (χ2n) is 4.86. The maximum atomic E-state index is 4.51. The molecule has 2 aromatic heterocycles. The zero-order valence-corrected chi connectivity index (χ0v) is 11.4. The zero-order valence-electron chi connectivity index (χ0n) is 11.4. The lowest BCUT2D eigenvalue weighted by molar-refractivity contribution is 0.604. The number of anilines is 1. The Morgan fingerprint density at radius 2 is 2.11 bits per heavy atom. The summed E-state index contributed by atoms with van der Waals surface area (Å²) >= 11 is 0. The number of rotatable bonds is 4. The molecule has 0 bridgehead atoms. The zero-order chi connectivity index (χ0) is 13.1. The van der Waals surface area contributed by atoms with E-state index in [-0.39, 0.29) is 0 Å². The van der Waals surface area contributed by atoms with Crippen molar-refractivity contribution < 1.29 is 0 Å². The van der Waals surface area contributed by atoms with Gasteiger partial charge in [-0.25, -0.2) is 4.98 Å². The molecule has 0 unspecified atom stereocenters. The molecule has 0 amide bonds. The maximum Gasteiger partial charge on any atom is 0.203 e. The van der Waals surface area contributed by atoms with Crippen LogP contribution in [0.15, 0.2) is 24.7 Å². The van der Waals surface area contributed by atoms with Crippen molar-refractivity contribution in [2.45, 2.75) is 40.3 Å². The van der Waals surface area contributed by atoms with Crippen LogP contribution in [0.1, 0.15) is 36.7 Å². The van der Waals surface area contributed by atoms with Crippen LogP contribution in [-0.4, -0.2) is 14.5 Å². The van der Waals surface area contributed by atoms with Gasteiger partial charge in [-0.1, -0.05) is 0 Å². The van der Waals surface area contributed by atoms with E-state index < -0.39 is 0 Å². The summed E-state index contributed by atoms with van der Waals surface area (Å²) in [7, 11) is 0. The van der Waals surface area contributed by atoms with Crippen molar-refractivity contribution in [3.05, 3.63) is 41.5 Å². The predicted octanol–water partition coefficient (Wildman–Crippen LogP) is 3.09. The fourth-order valence-electron chi connectivity index (χ4n) is 1.90. The molecule has 0 radical (unpaired) electrons. The van der Waals surface area contributed by atoms with E-state index in [1.807, 2.05) is 25.4 Å². The topological polar surface area (TPSA) is 42.7 Å². The third kappa shape index (κ3) is 2.70. The van der Waals surface area contributed by atoms with Gasteiger partial charge in [0, 0.05) is 31.2 Å². The van der Waals surface area contributed by atoms with E-state index in [0.717, 1.165) is 18.2 Å². The monoisotopic (exact) mass is 244 g/mol. The van der Waals surface area contributed by atoms with E-state index in [0.29, 0.717) is 6.04 Å². The number of imidazole rings is 1. The van der Waals surface area contributed by atoms with E-state index in [9.17, 15) is 0 Å². The van der Waals surface area contributed by atoms with Crippen molar-refractivity contribution in [1.82, 2.24) is 14.5 Å². The highest BCUT2D eigenvalue weighted by molar-refractivity contribution is 5.33. The minimum absolute atomic E-state index is 0.406. The van der Waals surface area contributed by atoms with Crippen LogP contribution in [0.25, 0.3) is 0 Å². The van der Waals surface area contributed by atoms with E-state index in [4.69, 9.17) is 0 Å². The smallest absolute Gasteiger partial charge is 0.203 e. The quantitative estimate of drug-likeness (QED) is 0.898. The molecule has 2 heterocycles. The van der Waals surface area contributed by atoms with Gasteiger partial charge in [-0.15, -0.1) is 0 Å². The predicted molar refractivity (Wildman–Crippen MR) is 73.6 cm³/mol. The molecule has 0 saturated heterocycles. The van der Waals surface area contributed by atoms with Crippen LogP contribution >= 0.6 is 0 Å². The maximum absolute atomic E-state index is 4.51. The minimum atomic E-state index is 0.406. The first-order chi connectivity index (χ1) is 8.58. The molecule has 0 aliphatic rings. The molecule has 96 valence electrons. The van der Waals surface area contributed by atoms with Crippen molar-refractivity contribution in [3.63, 3.8) is 0 Å². The molecule has 0 fully saturated rings. The van der Waals surface area contributed by atoms with Crippen LogP contribution < -0.4 is 5.32 Å². The first kappa shape index (κ1) is 12.6. The van der Waals surface area contributed by atoms with Gasteiger partial charge in [0.25, 0.3) is 0 Å². The molecule has 2 rings (SSSR count). The number of aromatic nitrogens is 3. The normalized spacial score (nSPS) is 10.9. The molecule has 0 atom stereocenters. The second-order valence-corrected chi connectivity index (χ2v) is 4.86. The van der Waals surface area contributed by atoms with Crippen molar-refractivity contribution >= 4 is 5.95 Å². The number of nitrogens with zero attached hydrogens (tertiary/aromatic N) is 3. The number of nitrogens with one attached hydrogen (secondary N) is 1. The highest BCUT2D eigenvalue weighted by Crippen LogP contribution is 2.16. The van der Waals surface area contributed by atoms with Gasteiger partial charge >= 0.3 is 0 Å². The molecule has 4 nitrogen and oxygen atoms in total. The third-order valence-corrected chi connectivity index (χ3v) is 2.99. The average Bonchev–Trinajstić information content (AvgIpc) is 2.70. The molecular weight excluding hydrogens is 224 g/mol. The lowest BCUT2D eigenvalue weighted by atomic mass is 10.2. The van der Waals surface area contributed by atoms with Gasteiger partial charge in [0.05, 0.1) is 5.69 Å². The molecule has 18 heavy (non-hydrogen) atoms. The molecule has 0 aliphatic heterocycles. The van der Waals surface area contributed by atoms with Crippen LogP contribution in [0.2, 0.25) is 0 Å². The van der Waals surface area contributed by atoms with Crippen LogP contribution in [0.4, 0.5) is 5.95 Å². The highest BCUT2D eigenvalue weighted by atomic mass is 15.2. The van der Waals surface area contributed by atoms with Gasteiger partial charge in [-0.2, -0.15) is 0 Å². The minimum Gasteiger partial charge on any atom is -0.351 e. The summed E-state index contributed by atoms with van der Waals surface area (Å²) in [6, 6.07) is 2.43. The summed E-state index contributed by atoms with van der Waals surface area (Å²) < 4.78 is 2.15. The Hall–Kier alpha value is -1.84. The van der Waals surface area contributed by atoms with E-state index >= 15 is 0 Å². The average molecular weight is 244 g/mol. The second kappa shape index (κ2) is 5.21. The van der Waals surface area contributed by atoms with Gasteiger partial charge < -0.3 is 9.88 Å². The molecule has 4 heteroatoms. The number of pyridine rings is 1. The number of aryl methyl sites for hydroxylation is 2. The Morgan fingerprint density at radius 1 is 1.33 bits per heavy atom. The fourth-order valence-corrected chi connectivity index (χ4v) is 1.90. The molecule has 2 aromatic rings. The summed E-state index contributed by atoms with van der Waals surface area (Å²) in [6.07, 6.45) is 5.79. The van der Waals surface area contributed by atoms with Gasteiger partial charge in [-0.05, 0) is 44.9 Å². The van der Waals surface area contributed by atoms with Crippen LogP contribution in [0, 0.1) is 13.8 Å². The van der Waals surface area contributed by atoms with Gasteiger partial charge in [0.2, 0.25) is 5.95 Å². The summed E-state index contributed by atoms with van der Waals surface area (Å²) in [5.74, 6) is 0.922. The van der Waals surface area contributed by atoms with Crippen molar-refractivity contribution in [3.8, 4) is 0 Å². The Morgan fingerprint density at radius 3 is 2.78 bits per heavy atom. The van der Waals surface area contributed by atoms with Crippen LogP contribution in [-0.2, 0) is 6.54 Å². The largest absolute Gasteiger partial charge is 0.351 e. The van der Waals surface area contributed by atoms with E-state index in [1.165, 1.54) is 11.1 Å². The van der Waals surface area contributed by atoms with Gasteiger partial charge in [0.15, 0.2) is 0 Å². The van der Waals surface area contributed by atoms with E-state index in [2.05, 4.69) is 46.8 Å². The highest BCUT2D eigenvalue weighted by Gasteiger charge is 2.08. The Balaban J connectivity index is 2.13. The van der Waals surface area contributed by atoms with Crippen molar-refractivity contribution in [2.75, 3.05) is 5.32 Å². The number of hydrogen-bond donors (Lipinski definition) is 1. The van der Waals surface area contributed by atoms with Gasteiger partial charge in [0.1, 0.15) is 0 Å². The summed E-state index contributed by atoms with van der Waals surface area (Å²) in [6.45, 7) is 9.17. The third-order valence-electron chi connectivity index (χ3n) is 2.99. The van der Waals surface area contributed by atoms with Crippen LogP contribution in [0.5, 0.6) is 0 Å². The van der Waals surface area contributed by atoms with Crippen molar-refractivity contribution in [2.24, 2.45) is 0 Å². The summed E-state index contributed by atoms with van der Waals surface area (Å²) in [4.78, 5) is 8.66. The van der Waals surface area contributed by atoms with Crippen molar-refractivity contribution in [1.29, 1.82) is 0 Å². The lowest BCUT2D eigenvalue weighted by Crippen LogP contribution is -2.09. The Bertz CT molecular complexity index is 528. The summed E-state index contributed by atoms with van der Waals surface area (Å²) in [5.41, 5.74) is 3.49. The van der Waals surface area contributed by atoms with Gasteiger partial charge in [-0.3, -0.25) is 4.98 Å². The van der Waals surface area contributed by atoms with E-state index in [1.54, 1.807) is 0 Å². The molecule has 0 aromatic carbocycles. The standard InChI is InChI=1S/C14H20N4/c1-10(2)18-9-12(4)17-14(18)16-8-13-7-15-6-5-11(13)3/h5-7,9-10H,8H2,1-4H3,(H,16,17). The molecular formula is C14H20N4. The lowest BCUT2D eigenvalue weighted by Gasteiger charge is -2.13. The molecule has 0 saturated carbocycles.